The van der Waals surface area contributed by atoms with Gasteiger partial charge in [-0.15, -0.1) is 0 Å². The van der Waals surface area contributed by atoms with Gasteiger partial charge in [-0.05, 0) is 135 Å². The molecule has 0 radical (unpaired) electrons. The summed E-state index contributed by atoms with van der Waals surface area (Å²) in [6.07, 6.45) is 0.990. The van der Waals surface area contributed by atoms with E-state index in [4.69, 9.17) is 9.31 Å². The molecule has 2 aliphatic rings. The van der Waals surface area contributed by atoms with Crippen molar-refractivity contribution < 1.29 is 9.31 Å². The molecule has 0 saturated carbocycles. The van der Waals surface area contributed by atoms with Gasteiger partial charge in [0.1, 0.15) is 0 Å². The van der Waals surface area contributed by atoms with E-state index in [1.54, 1.807) is 0 Å². The summed E-state index contributed by atoms with van der Waals surface area (Å²) in [6, 6.07) is 69.6. The van der Waals surface area contributed by atoms with Crippen LogP contribution in [-0.2, 0) is 15.7 Å². The first kappa shape index (κ1) is 37.1. The minimum atomic E-state index is -0.479. The highest BCUT2D eigenvalue weighted by atomic mass is 16.7. The van der Waals surface area contributed by atoms with Gasteiger partial charge in [-0.2, -0.15) is 0 Å². The minimum Gasteiger partial charge on any atom is -0.399 e. The second-order valence-electron chi connectivity index (χ2n) is 18.2. The molecule has 1 fully saturated rings. The van der Waals surface area contributed by atoms with E-state index in [2.05, 4.69) is 220 Å². The van der Waals surface area contributed by atoms with E-state index in [-0.39, 0.29) is 0 Å². The Balaban J connectivity index is 1.03. The van der Waals surface area contributed by atoms with Gasteiger partial charge in [0, 0.05) is 22.4 Å². The summed E-state index contributed by atoms with van der Waals surface area (Å²) in [7, 11) is -0.479. The van der Waals surface area contributed by atoms with Gasteiger partial charge in [-0.1, -0.05) is 164 Å². The van der Waals surface area contributed by atoms with Gasteiger partial charge in [0.15, 0.2) is 0 Å². The predicted octanol–water partition coefficient (Wildman–Crippen LogP) is 14.1. The molecule has 1 atom stereocenters. The maximum Gasteiger partial charge on any atom is 0.494 e. The van der Waals surface area contributed by atoms with E-state index in [0.29, 0.717) is 5.92 Å². The van der Waals surface area contributed by atoms with Crippen molar-refractivity contribution >= 4 is 55.9 Å². The number of benzene rings is 9. The van der Waals surface area contributed by atoms with Crippen LogP contribution in [-0.4, -0.2) is 22.9 Å². The Morgan fingerprint density at radius 1 is 0.468 bits per heavy atom. The lowest BCUT2D eigenvalue weighted by atomic mass is 9.75. The smallest absolute Gasteiger partial charge is 0.399 e. The zero-order valence-electron chi connectivity index (χ0n) is 35.5. The fourth-order valence-corrected chi connectivity index (χ4v) is 10.4. The third kappa shape index (κ3) is 5.67. The summed E-state index contributed by atoms with van der Waals surface area (Å²) >= 11 is 0. The molecule has 0 spiro atoms. The summed E-state index contributed by atoms with van der Waals surface area (Å²) in [5.41, 5.74) is 15.3. The standard InChI is InChI=1S/C58H46BNO2/c1-57(2)58(3,4)62-59(61-57)41-31-34-50-52(36-41)56(39-29-32-42(33-30-39)60-53-23-13-11-19-46(53)47-20-12-14-24-54(47)60)49-22-10-9-21-48(49)55(50)38-27-25-37(26-28-38)51-35-40-15-5-6-16-43(40)44-17-7-8-18-45(44)51/h5-34,36,51H,35H2,1-4H3. The van der Waals surface area contributed by atoms with Crippen molar-refractivity contribution in [3.63, 3.8) is 0 Å². The van der Waals surface area contributed by atoms with Gasteiger partial charge in [0.05, 0.1) is 22.2 Å². The maximum atomic E-state index is 6.67. The quantitative estimate of drug-likeness (QED) is 0.128. The Bertz CT molecular complexity index is 3330. The Kier molecular flexibility index (Phi) is 8.32. The topological polar surface area (TPSA) is 23.4 Å². The Morgan fingerprint density at radius 3 is 1.61 bits per heavy atom. The second kappa shape index (κ2) is 13.9. The van der Waals surface area contributed by atoms with Crippen molar-refractivity contribution in [3.8, 4) is 39.1 Å². The third-order valence-corrected chi connectivity index (χ3v) is 14.2. The highest BCUT2D eigenvalue weighted by molar-refractivity contribution is 6.62. The molecule has 298 valence electrons. The maximum absolute atomic E-state index is 6.67. The number of hydrogen-bond acceptors (Lipinski definition) is 2. The molecule has 3 nitrogen and oxygen atoms in total. The van der Waals surface area contributed by atoms with Crippen molar-refractivity contribution in [3.05, 3.63) is 205 Å². The summed E-state index contributed by atoms with van der Waals surface area (Å²) in [5, 5.41) is 7.35. The predicted molar refractivity (Wildman–Crippen MR) is 260 cm³/mol. The summed E-state index contributed by atoms with van der Waals surface area (Å²) in [6.45, 7) is 8.49. The highest BCUT2D eigenvalue weighted by Crippen LogP contribution is 2.47. The Labute approximate surface area is 363 Å². The van der Waals surface area contributed by atoms with Crippen LogP contribution in [0.2, 0.25) is 0 Å². The van der Waals surface area contributed by atoms with Gasteiger partial charge >= 0.3 is 7.12 Å². The molecule has 62 heavy (non-hydrogen) atoms. The first-order valence-electron chi connectivity index (χ1n) is 21.9. The molecule has 1 saturated heterocycles. The average molecular weight is 800 g/mol. The molecule has 1 aliphatic heterocycles. The van der Waals surface area contributed by atoms with E-state index < -0.39 is 18.3 Å². The number of nitrogens with zero attached hydrogens (tertiary/aromatic N) is 1. The Morgan fingerprint density at radius 2 is 0.968 bits per heavy atom. The molecule has 1 unspecified atom stereocenters. The van der Waals surface area contributed by atoms with Gasteiger partial charge in [-0.3, -0.25) is 0 Å². The van der Waals surface area contributed by atoms with E-state index in [1.807, 2.05) is 0 Å². The van der Waals surface area contributed by atoms with Crippen molar-refractivity contribution in [2.24, 2.45) is 0 Å². The minimum absolute atomic E-state index is 0.291. The van der Waals surface area contributed by atoms with Gasteiger partial charge in [0.25, 0.3) is 0 Å². The first-order valence-corrected chi connectivity index (χ1v) is 21.9. The molecule has 0 amide bonds. The number of hydrogen-bond donors (Lipinski definition) is 0. The fraction of sp³-hybridized carbons (Fsp3) is 0.138. The van der Waals surface area contributed by atoms with E-state index in [1.165, 1.54) is 93.4 Å². The zero-order valence-corrected chi connectivity index (χ0v) is 35.5. The highest BCUT2D eigenvalue weighted by Gasteiger charge is 2.51. The van der Waals surface area contributed by atoms with E-state index >= 15 is 0 Å². The molecule has 4 heteroatoms. The molecule has 12 rings (SSSR count). The van der Waals surface area contributed by atoms with Crippen LogP contribution in [0.15, 0.2) is 188 Å². The van der Waals surface area contributed by atoms with Gasteiger partial charge in [-0.25, -0.2) is 0 Å². The normalized spacial score (nSPS) is 16.6. The van der Waals surface area contributed by atoms with Crippen LogP contribution < -0.4 is 5.46 Å². The molecule has 10 aromatic rings. The fourth-order valence-electron chi connectivity index (χ4n) is 10.4. The zero-order chi connectivity index (χ0) is 41.7. The number of para-hydroxylation sites is 2. The van der Waals surface area contributed by atoms with Crippen molar-refractivity contribution in [1.29, 1.82) is 0 Å². The SMILES string of the molecule is CC1(C)OB(c2ccc3c(-c4ccc(C5Cc6ccccc6-c6ccccc65)cc4)c4ccccc4c(-c4ccc(-n5c6ccccc6c6ccccc65)cc4)c3c2)OC1(C)C. The molecular formula is C58H46BNO2. The number of rotatable bonds is 5. The summed E-state index contributed by atoms with van der Waals surface area (Å²) in [4.78, 5) is 0. The van der Waals surface area contributed by atoms with Gasteiger partial charge < -0.3 is 13.9 Å². The van der Waals surface area contributed by atoms with E-state index in [0.717, 1.165) is 17.6 Å². The number of fused-ring (bicyclic) bond motifs is 8. The van der Waals surface area contributed by atoms with Crippen LogP contribution in [0.5, 0.6) is 0 Å². The second-order valence-corrected chi connectivity index (χ2v) is 18.2. The lowest BCUT2D eigenvalue weighted by molar-refractivity contribution is 0.00578. The molecule has 0 bridgehead atoms. The van der Waals surface area contributed by atoms with E-state index in [9.17, 15) is 0 Å². The summed E-state index contributed by atoms with van der Waals surface area (Å²) in [5.74, 6) is 0.291. The third-order valence-electron chi connectivity index (χ3n) is 14.2. The monoisotopic (exact) mass is 799 g/mol. The molecule has 1 aliphatic carbocycles. The molecule has 0 N–H and O–H groups in total. The van der Waals surface area contributed by atoms with Crippen molar-refractivity contribution in [2.45, 2.75) is 51.2 Å². The largest absolute Gasteiger partial charge is 0.494 e. The van der Waals surface area contributed by atoms with Crippen LogP contribution >= 0.6 is 0 Å². The van der Waals surface area contributed by atoms with Crippen molar-refractivity contribution in [2.75, 3.05) is 0 Å². The van der Waals surface area contributed by atoms with Crippen LogP contribution in [0.4, 0.5) is 0 Å². The summed E-state index contributed by atoms with van der Waals surface area (Å²) < 4.78 is 15.7. The Hall–Kier alpha value is -6.72. The molecule has 1 aromatic heterocycles. The average Bonchev–Trinajstić information content (AvgIpc) is 3.76. The molecular weight excluding hydrogens is 753 g/mol. The molecule has 9 aromatic carbocycles. The lowest BCUT2D eigenvalue weighted by Gasteiger charge is -2.32. The van der Waals surface area contributed by atoms with Crippen LogP contribution in [0, 0.1) is 0 Å². The number of aromatic nitrogens is 1. The first-order chi connectivity index (χ1) is 30.2. The van der Waals surface area contributed by atoms with Gasteiger partial charge in [0.2, 0.25) is 0 Å². The molecule has 2 heterocycles. The van der Waals surface area contributed by atoms with Crippen LogP contribution in [0.3, 0.4) is 0 Å². The lowest BCUT2D eigenvalue weighted by Crippen LogP contribution is -2.41. The van der Waals surface area contributed by atoms with Crippen LogP contribution in [0.1, 0.15) is 50.3 Å². The van der Waals surface area contributed by atoms with Crippen molar-refractivity contribution in [1.82, 2.24) is 4.57 Å². The van der Waals surface area contributed by atoms with Crippen LogP contribution in [0.25, 0.3) is 82.4 Å².